The van der Waals surface area contributed by atoms with Crippen molar-refractivity contribution in [2.24, 2.45) is 15.4 Å². The summed E-state index contributed by atoms with van der Waals surface area (Å²) in [5.74, 6) is -1.75. The van der Waals surface area contributed by atoms with Crippen LogP contribution in [0.2, 0.25) is 0 Å². The van der Waals surface area contributed by atoms with Crippen molar-refractivity contribution in [1.29, 1.82) is 0 Å². The number of hydrogen-bond acceptors (Lipinski definition) is 7. The van der Waals surface area contributed by atoms with E-state index in [4.69, 9.17) is 0 Å². The maximum Gasteiger partial charge on any atom is 0.366 e. The summed E-state index contributed by atoms with van der Waals surface area (Å²) in [6.45, 7) is 3.48. The molecule has 8 heteroatoms. The summed E-state index contributed by atoms with van der Waals surface area (Å²) < 4.78 is 9.24. The summed E-state index contributed by atoms with van der Waals surface area (Å²) in [6, 6.07) is 0. The predicted octanol–water partition coefficient (Wildman–Crippen LogP) is 0.0552. The highest BCUT2D eigenvalue weighted by atomic mass is 16.6. The summed E-state index contributed by atoms with van der Waals surface area (Å²) in [4.78, 5) is 22.6. The predicted molar refractivity (Wildman–Crippen MR) is 54.6 cm³/mol. The lowest BCUT2D eigenvalue weighted by Crippen LogP contribution is -2.29. The van der Waals surface area contributed by atoms with E-state index in [0.29, 0.717) is 0 Å². The first kappa shape index (κ1) is 14.0. The number of rotatable bonds is 6. The molecule has 1 N–H and O–H groups in total. The fraction of sp³-hybridized carbons (Fsp3) is 0.625. The minimum absolute atomic E-state index is 0.132. The van der Waals surface area contributed by atoms with E-state index in [0.717, 1.165) is 0 Å². The van der Waals surface area contributed by atoms with Gasteiger partial charge in [-0.15, -0.1) is 5.10 Å². The van der Waals surface area contributed by atoms with Crippen LogP contribution in [0.1, 0.15) is 13.8 Å². The van der Waals surface area contributed by atoms with Crippen molar-refractivity contribution < 1.29 is 19.1 Å². The van der Waals surface area contributed by atoms with Crippen LogP contribution in [0.25, 0.3) is 0 Å². The number of carbonyl (C=O) groups is 2. The van der Waals surface area contributed by atoms with Crippen LogP contribution < -0.4 is 5.53 Å². The minimum atomic E-state index is -0.875. The molecule has 0 aliphatic carbocycles. The van der Waals surface area contributed by atoms with Gasteiger partial charge in [-0.25, -0.2) is 9.59 Å². The molecule has 0 amide bonds. The van der Waals surface area contributed by atoms with Gasteiger partial charge in [0, 0.05) is 0 Å². The molecule has 0 aromatic carbocycles. The second-order valence-corrected chi connectivity index (χ2v) is 2.30. The zero-order chi connectivity index (χ0) is 12.4. The van der Waals surface area contributed by atoms with Gasteiger partial charge in [-0.3, -0.25) is 0 Å². The van der Waals surface area contributed by atoms with E-state index in [1.54, 1.807) is 13.8 Å². The van der Waals surface area contributed by atoms with Crippen molar-refractivity contribution in [1.82, 2.24) is 5.53 Å². The molecular formula is C8H14N4O4. The molecule has 90 valence electrons. The molecule has 0 bridgehead atoms. The summed E-state index contributed by atoms with van der Waals surface area (Å²) in [6.07, 6.45) is 0. The lowest BCUT2D eigenvalue weighted by Gasteiger charge is -2.04. The van der Waals surface area contributed by atoms with Gasteiger partial charge in [0.2, 0.25) is 0 Å². The Bertz CT molecular complexity index is 280. The second-order valence-electron chi connectivity index (χ2n) is 2.30. The van der Waals surface area contributed by atoms with Crippen LogP contribution in [0, 0.1) is 0 Å². The van der Waals surface area contributed by atoms with E-state index in [9.17, 15) is 9.59 Å². The van der Waals surface area contributed by atoms with Gasteiger partial charge in [0.15, 0.2) is 0 Å². The highest BCUT2D eigenvalue weighted by Gasteiger charge is 2.23. The first-order chi connectivity index (χ1) is 7.67. The number of ether oxygens (including phenoxy) is 2. The number of nitrogens with zero attached hydrogens (tertiary/aromatic N) is 3. The molecule has 0 aliphatic rings. The van der Waals surface area contributed by atoms with Crippen LogP contribution in [0.4, 0.5) is 0 Å². The van der Waals surface area contributed by atoms with Crippen LogP contribution in [0.15, 0.2) is 15.4 Å². The summed E-state index contributed by atoms with van der Waals surface area (Å²) in [5, 5.41) is 10.00. The summed E-state index contributed by atoms with van der Waals surface area (Å²) in [5.41, 5.74) is 1.55. The van der Waals surface area contributed by atoms with Crippen LogP contribution in [-0.2, 0) is 19.1 Å². The molecule has 0 radical (unpaired) electrons. The Morgan fingerprint density at radius 2 is 1.62 bits per heavy atom. The molecule has 0 spiro atoms. The lowest BCUT2D eigenvalue weighted by molar-refractivity contribution is -0.140. The van der Waals surface area contributed by atoms with E-state index >= 15 is 0 Å². The molecule has 0 aromatic rings. The summed E-state index contributed by atoms with van der Waals surface area (Å²) in [7, 11) is 1.40. The average molecular weight is 230 g/mol. The maximum atomic E-state index is 11.3. The first-order valence-corrected chi connectivity index (χ1v) is 4.63. The molecule has 0 aromatic heterocycles. The number of nitrogens with one attached hydrogen (secondary N) is 1. The average Bonchev–Trinajstić information content (AvgIpc) is 2.25. The normalized spacial score (nSPS) is 9.69. The third-order valence-electron chi connectivity index (χ3n) is 1.24. The smallest absolute Gasteiger partial charge is 0.366 e. The zero-order valence-electron chi connectivity index (χ0n) is 9.39. The fourth-order valence-electron chi connectivity index (χ4n) is 0.691. The fourth-order valence-corrected chi connectivity index (χ4v) is 0.691. The molecule has 0 fully saturated rings. The molecule has 0 saturated carbocycles. The lowest BCUT2D eigenvalue weighted by atomic mass is 10.4. The Labute approximate surface area is 92.7 Å². The molecule has 16 heavy (non-hydrogen) atoms. The molecule has 0 saturated heterocycles. The second kappa shape index (κ2) is 8.33. The topological polar surface area (TPSA) is 102 Å². The summed E-state index contributed by atoms with van der Waals surface area (Å²) >= 11 is 0. The Morgan fingerprint density at radius 3 is 2.00 bits per heavy atom. The highest BCUT2D eigenvalue weighted by Crippen LogP contribution is 1.90. The molecular weight excluding hydrogens is 216 g/mol. The molecule has 0 rings (SSSR count). The van der Waals surface area contributed by atoms with Gasteiger partial charge in [0.05, 0.1) is 20.3 Å². The van der Waals surface area contributed by atoms with Gasteiger partial charge in [-0.05, 0) is 13.8 Å². The first-order valence-electron chi connectivity index (χ1n) is 4.63. The molecule has 0 unspecified atom stereocenters. The van der Waals surface area contributed by atoms with Crippen LogP contribution in [0.3, 0.4) is 0 Å². The van der Waals surface area contributed by atoms with Crippen LogP contribution in [0.5, 0.6) is 0 Å². The van der Waals surface area contributed by atoms with E-state index in [2.05, 4.69) is 30.4 Å². The number of hydrazone groups is 1. The Hall–Kier alpha value is -1.99. The Balaban J connectivity index is 4.67. The quantitative estimate of drug-likeness (QED) is 0.228. The Morgan fingerprint density at radius 1 is 1.12 bits per heavy atom. The Kier molecular flexibility index (Phi) is 7.29. The van der Waals surface area contributed by atoms with E-state index in [1.807, 2.05) is 0 Å². The molecule has 0 aliphatic heterocycles. The molecule has 0 atom stereocenters. The largest absolute Gasteiger partial charge is 0.461 e. The van der Waals surface area contributed by atoms with Crippen molar-refractivity contribution in [2.75, 3.05) is 20.3 Å². The van der Waals surface area contributed by atoms with Crippen molar-refractivity contribution in [3.05, 3.63) is 0 Å². The van der Waals surface area contributed by atoms with Gasteiger partial charge < -0.3 is 9.47 Å². The van der Waals surface area contributed by atoms with E-state index in [-0.39, 0.29) is 13.2 Å². The maximum absolute atomic E-state index is 11.3. The van der Waals surface area contributed by atoms with Gasteiger partial charge in [-0.2, -0.15) is 10.6 Å². The van der Waals surface area contributed by atoms with E-state index in [1.165, 1.54) is 7.05 Å². The SMILES string of the molecule is CCOC(=O)C(=NNN=NC)C(=O)OCC. The standard InChI is InChI=1S/C8H14N4O4/c1-4-15-7(13)6(8(14)16-5-2)10-12-11-9-3/h4-5H2,1-3H3,(H,9,12). The number of carbonyl (C=O) groups excluding carboxylic acids is 2. The number of esters is 2. The van der Waals surface area contributed by atoms with Crippen LogP contribution >= 0.6 is 0 Å². The van der Waals surface area contributed by atoms with Crippen molar-refractivity contribution >= 4 is 17.7 Å². The zero-order valence-corrected chi connectivity index (χ0v) is 9.39. The van der Waals surface area contributed by atoms with Crippen LogP contribution in [-0.4, -0.2) is 37.9 Å². The molecule has 0 heterocycles. The third kappa shape index (κ3) is 5.03. The van der Waals surface area contributed by atoms with Gasteiger partial charge in [0.1, 0.15) is 0 Å². The highest BCUT2D eigenvalue weighted by molar-refractivity contribution is 6.62. The molecule has 8 nitrogen and oxygen atoms in total. The van der Waals surface area contributed by atoms with Crippen molar-refractivity contribution in [3.63, 3.8) is 0 Å². The monoisotopic (exact) mass is 230 g/mol. The van der Waals surface area contributed by atoms with Gasteiger partial charge in [-0.1, -0.05) is 5.22 Å². The van der Waals surface area contributed by atoms with Crippen molar-refractivity contribution in [2.45, 2.75) is 13.8 Å². The van der Waals surface area contributed by atoms with E-state index < -0.39 is 17.7 Å². The van der Waals surface area contributed by atoms with Gasteiger partial charge >= 0.3 is 11.9 Å². The number of hydrogen-bond donors (Lipinski definition) is 1. The van der Waals surface area contributed by atoms with Crippen molar-refractivity contribution in [3.8, 4) is 0 Å². The third-order valence-corrected chi connectivity index (χ3v) is 1.24. The minimum Gasteiger partial charge on any atom is -0.461 e. The van der Waals surface area contributed by atoms with Gasteiger partial charge in [0.25, 0.3) is 5.71 Å².